The molecule has 7 heteroatoms. The van der Waals surface area contributed by atoms with Gasteiger partial charge in [-0.2, -0.15) is 0 Å². The van der Waals surface area contributed by atoms with E-state index in [4.69, 9.17) is 5.11 Å². The maximum Gasteiger partial charge on any atom is 0.332 e. The topological polar surface area (TPSA) is 105 Å². The molecule has 0 heterocycles. The number of carbonyl (C=O) groups is 3. The first-order valence-electron chi connectivity index (χ1n) is 5.99. The summed E-state index contributed by atoms with van der Waals surface area (Å²) in [5.41, 5.74) is 1.99. The predicted molar refractivity (Wildman–Crippen MR) is 61.3 cm³/mol. The summed E-state index contributed by atoms with van der Waals surface area (Å²) in [6, 6.07) is 0. The van der Waals surface area contributed by atoms with Crippen LogP contribution in [0.2, 0.25) is 0 Å². The lowest BCUT2D eigenvalue weighted by Gasteiger charge is -2.10. The molecule has 0 saturated heterocycles. The molecule has 0 aromatic heterocycles. The summed E-state index contributed by atoms with van der Waals surface area (Å²) in [7, 11) is 0. The summed E-state index contributed by atoms with van der Waals surface area (Å²) in [4.78, 5) is 37.2. The van der Waals surface area contributed by atoms with Crippen molar-refractivity contribution < 1.29 is 24.3 Å². The van der Waals surface area contributed by atoms with Crippen molar-refractivity contribution in [2.45, 2.75) is 32.1 Å². The normalized spacial score (nSPS) is 15.3. The van der Waals surface area contributed by atoms with E-state index in [0.717, 1.165) is 25.7 Å². The zero-order valence-electron chi connectivity index (χ0n) is 10.1. The Morgan fingerprint density at radius 3 is 2.50 bits per heavy atom. The molecule has 1 aliphatic carbocycles. The second-order valence-electron chi connectivity index (χ2n) is 4.23. The molecule has 0 aromatic carbocycles. The van der Waals surface area contributed by atoms with Crippen molar-refractivity contribution in [3.05, 3.63) is 0 Å². The van der Waals surface area contributed by atoms with E-state index in [1.165, 1.54) is 0 Å². The van der Waals surface area contributed by atoms with Gasteiger partial charge in [0.15, 0.2) is 6.61 Å². The summed E-state index contributed by atoms with van der Waals surface area (Å²) in [5, 5.41) is 10.9. The zero-order chi connectivity index (χ0) is 13.4. The van der Waals surface area contributed by atoms with E-state index in [1.807, 2.05) is 5.48 Å². The van der Waals surface area contributed by atoms with Crippen LogP contribution < -0.4 is 10.8 Å². The highest BCUT2D eigenvalue weighted by Gasteiger charge is 2.22. The zero-order valence-corrected chi connectivity index (χ0v) is 10.1. The van der Waals surface area contributed by atoms with E-state index in [2.05, 4.69) is 10.2 Å². The van der Waals surface area contributed by atoms with Crippen LogP contribution in [0.15, 0.2) is 0 Å². The SMILES string of the molecule is O=C(O)CONC(=O)CCNC(=O)C1CCCC1. The van der Waals surface area contributed by atoms with Gasteiger partial charge in [0.05, 0.1) is 0 Å². The molecule has 0 bridgehead atoms. The minimum absolute atomic E-state index is 0.00763. The smallest absolute Gasteiger partial charge is 0.332 e. The van der Waals surface area contributed by atoms with Gasteiger partial charge in [-0.3, -0.25) is 14.4 Å². The second-order valence-corrected chi connectivity index (χ2v) is 4.23. The molecule has 0 spiro atoms. The standard InChI is InChI=1S/C11H18N2O5/c14-9(13-18-7-10(15)16)5-6-12-11(17)8-3-1-2-4-8/h8H,1-7H2,(H,12,17)(H,13,14)(H,15,16). The fourth-order valence-corrected chi connectivity index (χ4v) is 1.86. The van der Waals surface area contributed by atoms with Gasteiger partial charge >= 0.3 is 5.97 Å². The van der Waals surface area contributed by atoms with Gasteiger partial charge in [-0.05, 0) is 12.8 Å². The van der Waals surface area contributed by atoms with E-state index in [-0.39, 0.29) is 24.8 Å². The fraction of sp³-hybridized carbons (Fsp3) is 0.727. The van der Waals surface area contributed by atoms with Crippen LogP contribution in [0.4, 0.5) is 0 Å². The molecule has 0 atom stereocenters. The van der Waals surface area contributed by atoms with Crippen LogP contribution in [0, 0.1) is 5.92 Å². The number of carbonyl (C=O) groups excluding carboxylic acids is 2. The number of hydroxylamine groups is 1. The summed E-state index contributed by atoms with van der Waals surface area (Å²) < 4.78 is 0. The summed E-state index contributed by atoms with van der Waals surface area (Å²) in [6.07, 6.45) is 4.07. The van der Waals surface area contributed by atoms with Crippen LogP contribution >= 0.6 is 0 Å². The van der Waals surface area contributed by atoms with Crippen molar-refractivity contribution in [2.24, 2.45) is 5.92 Å². The molecule has 0 aromatic rings. The highest BCUT2D eigenvalue weighted by Crippen LogP contribution is 2.24. The first-order valence-corrected chi connectivity index (χ1v) is 5.99. The molecule has 3 N–H and O–H groups in total. The van der Waals surface area contributed by atoms with Gasteiger partial charge in [0.2, 0.25) is 11.8 Å². The Morgan fingerprint density at radius 1 is 1.22 bits per heavy atom. The number of rotatable bonds is 7. The molecule has 18 heavy (non-hydrogen) atoms. The Hall–Kier alpha value is -1.63. The van der Waals surface area contributed by atoms with Crippen molar-refractivity contribution in [1.82, 2.24) is 10.8 Å². The fourth-order valence-electron chi connectivity index (χ4n) is 1.86. The van der Waals surface area contributed by atoms with Crippen molar-refractivity contribution in [3.63, 3.8) is 0 Å². The third-order valence-corrected chi connectivity index (χ3v) is 2.76. The van der Waals surface area contributed by atoms with Gasteiger partial charge in [0.25, 0.3) is 0 Å². The van der Waals surface area contributed by atoms with E-state index in [1.54, 1.807) is 0 Å². The molecule has 1 rings (SSSR count). The van der Waals surface area contributed by atoms with Crippen LogP contribution in [0.5, 0.6) is 0 Å². The maximum atomic E-state index is 11.6. The number of hydrogen-bond donors (Lipinski definition) is 3. The van der Waals surface area contributed by atoms with Crippen LogP contribution in [-0.4, -0.2) is 36.0 Å². The molecule has 2 amide bonds. The molecule has 0 aliphatic heterocycles. The van der Waals surface area contributed by atoms with Crippen molar-refractivity contribution in [3.8, 4) is 0 Å². The van der Waals surface area contributed by atoms with E-state index in [9.17, 15) is 14.4 Å². The Kier molecular flexibility index (Phi) is 6.13. The van der Waals surface area contributed by atoms with Crippen molar-refractivity contribution in [2.75, 3.05) is 13.2 Å². The Morgan fingerprint density at radius 2 is 1.89 bits per heavy atom. The van der Waals surface area contributed by atoms with Crippen LogP contribution in [0.25, 0.3) is 0 Å². The molecule has 1 fully saturated rings. The molecular formula is C11H18N2O5. The van der Waals surface area contributed by atoms with Gasteiger partial charge in [-0.25, -0.2) is 10.3 Å². The second kappa shape index (κ2) is 7.65. The van der Waals surface area contributed by atoms with E-state index in [0.29, 0.717) is 0 Å². The Balaban J connectivity index is 2.04. The van der Waals surface area contributed by atoms with Gasteiger partial charge < -0.3 is 10.4 Å². The monoisotopic (exact) mass is 258 g/mol. The molecule has 1 saturated carbocycles. The minimum Gasteiger partial charge on any atom is -0.479 e. The van der Waals surface area contributed by atoms with Crippen LogP contribution in [0.1, 0.15) is 32.1 Å². The first-order chi connectivity index (χ1) is 8.59. The molecule has 0 radical (unpaired) electrons. The number of carboxylic acid groups (broad SMARTS) is 1. The average molecular weight is 258 g/mol. The Bertz CT molecular complexity index is 313. The third kappa shape index (κ3) is 5.62. The summed E-state index contributed by atoms with van der Waals surface area (Å²) in [6.45, 7) is -0.349. The third-order valence-electron chi connectivity index (χ3n) is 2.76. The Labute approximate surface area is 105 Å². The van der Waals surface area contributed by atoms with Gasteiger partial charge in [-0.1, -0.05) is 12.8 Å². The van der Waals surface area contributed by atoms with Gasteiger partial charge in [0.1, 0.15) is 0 Å². The number of amides is 2. The summed E-state index contributed by atoms with van der Waals surface area (Å²) >= 11 is 0. The highest BCUT2D eigenvalue weighted by atomic mass is 16.7. The average Bonchev–Trinajstić information content (AvgIpc) is 2.81. The molecule has 7 nitrogen and oxygen atoms in total. The molecule has 1 aliphatic rings. The van der Waals surface area contributed by atoms with Gasteiger partial charge in [0, 0.05) is 18.9 Å². The number of hydrogen-bond acceptors (Lipinski definition) is 4. The highest BCUT2D eigenvalue weighted by molar-refractivity contribution is 5.80. The van der Waals surface area contributed by atoms with Crippen LogP contribution in [0.3, 0.4) is 0 Å². The van der Waals surface area contributed by atoms with E-state index >= 15 is 0 Å². The number of carboxylic acids is 1. The number of nitrogens with one attached hydrogen (secondary N) is 2. The summed E-state index contributed by atoms with van der Waals surface area (Å²) in [5.74, 6) is -1.55. The van der Waals surface area contributed by atoms with Crippen molar-refractivity contribution in [1.29, 1.82) is 0 Å². The van der Waals surface area contributed by atoms with E-state index < -0.39 is 18.5 Å². The first kappa shape index (κ1) is 14.4. The lowest BCUT2D eigenvalue weighted by Crippen LogP contribution is -2.34. The number of aliphatic carboxylic acids is 1. The quantitative estimate of drug-likeness (QED) is 0.549. The lowest BCUT2D eigenvalue weighted by atomic mass is 10.1. The predicted octanol–water partition coefficient (Wildman–Crippen LogP) is -0.185. The molecule has 102 valence electrons. The minimum atomic E-state index is -1.16. The molecular weight excluding hydrogens is 240 g/mol. The van der Waals surface area contributed by atoms with Crippen LogP contribution in [-0.2, 0) is 19.2 Å². The lowest BCUT2D eigenvalue weighted by molar-refractivity contribution is -0.149. The van der Waals surface area contributed by atoms with Crippen molar-refractivity contribution >= 4 is 17.8 Å². The largest absolute Gasteiger partial charge is 0.479 e. The maximum absolute atomic E-state index is 11.6. The van der Waals surface area contributed by atoms with Gasteiger partial charge in [-0.15, -0.1) is 0 Å². The molecule has 0 unspecified atom stereocenters.